The monoisotopic (exact) mass is 237 g/mol. The Morgan fingerprint density at radius 3 is 2.82 bits per heavy atom. The number of H-pyrrole nitrogens is 1. The van der Waals surface area contributed by atoms with Gasteiger partial charge in [-0.2, -0.15) is 0 Å². The molecule has 5 nitrogen and oxygen atoms in total. The fourth-order valence-corrected chi connectivity index (χ4v) is 1.87. The van der Waals surface area contributed by atoms with Crippen LogP contribution in [-0.4, -0.2) is 29.2 Å². The first-order valence-corrected chi connectivity index (χ1v) is 6.10. The zero-order valence-corrected chi connectivity index (χ0v) is 10.3. The molecule has 1 aliphatic rings. The molecule has 0 radical (unpaired) electrons. The molecular weight excluding hydrogens is 218 g/mol. The van der Waals surface area contributed by atoms with E-state index in [2.05, 4.69) is 15.3 Å². The van der Waals surface area contributed by atoms with E-state index in [9.17, 15) is 4.79 Å². The normalized spacial score (nSPS) is 17.4. The number of aromatic nitrogens is 2. The molecule has 1 aliphatic heterocycles. The van der Waals surface area contributed by atoms with Gasteiger partial charge in [-0.1, -0.05) is 13.8 Å². The Labute approximate surface area is 101 Å². The minimum atomic E-state index is -0.0988. The quantitative estimate of drug-likeness (QED) is 0.835. The van der Waals surface area contributed by atoms with Crippen LogP contribution in [0.3, 0.4) is 0 Å². The van der Waals surface area contributed by atoms with Crippen molar-refractivity contribution in [3.63, 3.8) is 0 Å². The largest absolute Gasteiger partial charge is 0.381 e. The van der Waals surface area contributed by atoms with Crippen LogP contribution in [0.5, 0.6) is 0 Å². The number of nitrogens with one attached hydrogen (secondary N) is 2. The van der Waals surface area contributed by atoms with Gasteiger partial charge in [0.15, 0.2) is 0 Å². The molecule has 0 spiro atoms. The van der Waals surface area contributed by atoms with Crippen LogP contribution < -0.4 is 10.9 Å². The molecule has 2 rings (SSSR count). The van der Waals surface area contributed by atoms with Crippen LogP contribution in [0.25, 0.3) is 0 Å². The summed E-state index contributed by atoms with van der Waals surface area (Å²) in [4.78, 5) is 18.7. The molecule has 0 aliphatic carbocycles. The lowest BCUT2D eigenvalue weighted by Crippen LogP contribution is -2.29. The Morgan fingerprint density at radius 2 is 2.18 bits per heavy atom. The molecule has 0 atom stereocenters. The Morgan fingerprint density at radius 1 is 1.47 bits per heavy atom. The molecule has 5 heteroatoms. The van der Waals surface area contributed by atoms with Crippen molar-refractivity contribution in [1.29, 1.82) is 0 Å². The number of anilines is 1. The van der Waals surface area contributed by atoms with Crippen molar-refractivity contribution in [3.05, 3.63) is 22.2 Å². The van der Waals surface area contributed by atoms with Crippen LogP contribution in [0.1, 0.15) is 38.4 Å². The summed E-state index contributed by atoms with van der Waals surface area (Å²) in [6, 6.07) is 1.87. The van der Waals surface area contributed by atoms with Crippen molar-refractivity contribution in [2.24, 2.45) is 0 Å². The van der Waals surface area contributed by atoms with Crippen LogP contribution in [0.2, 0.25) is 0 Å². The second-order valence-electron chi connectivity index (χ2n) is 4.70. The number of rotatable bonds is 3. The van der Waals surface area contributed by atoms with Crippen LogP contribution in [0.15, 0.2) is 10.9 Å². The van der Waals surface area contributed by atoms with E-state index in [0.29, 0.717) is 11.9 Å². The zero-order valence-electron chi connectivity index (χ0n) is 10.3. The summed E-state index contributed by atoms with van der Waals surface area (Å²) in [5.41, 5.74) is -0.0988. The molecule has 2 heterocycles. The van der Waals surface area contributed by atoms with Gasteiger partial charge in [-0.25, -0.2) is 4.98 Å². The Bertz CT molecular complexity index is 422. The third-order valence-corrected chi connectivity index (χ3v) is 2.88. The van der Waals surface area contributed by atoms with Gasteiger partial charge in [0.05, 0.1) is 0 Å². The molecule has 1 saturated heterocycles. The summed E-state index contributed by atoms with van der Waals surface area (Å²) in [7, 11) is 0. The third kappa shape index (κ3) is 3.30. The minimum Gasteiger partial charge on any atom is -0.381 e. The lowest BCUT2D eigenvalue weighted by atomic mass is 10.1. The number of hydrogen-bond acceptors (Lipinski definition) is 4. The summed E-state index contributed by atoms with van der Waals surface area (Å²) < 4.78 is 5.29. The molecular formula is C12H19N3O2. The van der Waals surface area contributed by atoms with Crippen LogP contribution in [0.4, 0.5) is 5.82 Å². The molecule has 1 aromatic heterocycles. The summed E-state index contributed by atoms with van der Waals surface area (Å²) in [5.74, 6) is 1.62. The lowest BCUT2D eigenvalue weighted by molar-refractivity contribution is 0.0904. The van der Waals surface area contributed by atoms with Crippen molar-refractivity contribution in [2.75, 3.05) is 18.5 Å². The Balaban J connectivity index is 2.11. The maximum atomic E-state index is 11.5. The predicted octanol–water partition coefficient (Wildman–Crippen LogP) is 1.48. The first kappa shape index (κ1) is 12.1. The maximum Gasteiger partial charge on any atom is 0.252 e. The highest BCUT2D eigenvalue weighted by molar-refractivity contribution is 5.34. The summed E-state index contributed by atoms with van der Waals surface area (Å²) in [6.07, 6.45) is 1.93. The highest BCUT2D eigenvalue weighted by Crippen LogP contribution is 2.14. The number of hydrogen-bond donors (Lipinski definition) is 2. The second kappa shape index (κ2) is 5.31. The molecule has 0 bridgehead atoms. The predicted molar refractivity (Wildman–Crippen MR) is 66.4 cm³/mol. The Kier molecular flexibility index (Phi) is 3.78. The zero-order chi connectivity index (χ0) is 12.3. The fraction of sp³-hybridized carbons (Fsp3) is 0.667. The Hall–Kier alpha value is -1.36. The van der Waals surface area contributed by atoms with E-state index in [1.54, 1.807) is 0 Å². The average molecular weight is 237 g/mol. The van der Waals surface area contributed by atoms with Gasteiger partial charge in [0.1, 0.15) is 11.6 Å². The summed E-state index contributed by atoms with van der Waals surface area (Å²) in [6.45, 7) is 5.57. The van der Waals surface area contributed by atoms with E-state index in [1.807, 2.05) is 13.8 Å². The van der Waals surface area contributed by atoms with E-state index in [1.165, 1.54) is 6.07 Å². The summed E-state index contributed by atoms with van der Waals surface area (Å²) in [5, 5.41) is 3.31. The van der Waals surface area contributed by atoms with Gasteiger partial charge in [-0.15, -0.1) is 0 Å². The van der Waals surface area contributed by atoms with Crippen molar-refractivity contribution >= 4 is 5.82 Å². The van der Waals surface area contributed by atoms with Crippen LogP contribution in [0, 0.1) is 0 Å². The van der Waals surface area contributed by atoms with Gasteiger partial charge in [0.2, 0.25) is 0 Å². The highest BCUT2D eigenvalue weighted by Gasteiger charge is 2.14. The van der Waals surface area contributed by atoms with Crippen molar-refractivity contribution in [3.8, 4) is 0 Å². The van der Waals surface area contributed by atoms with Gasteiger partial charge in [-0.05, 0) is 12.8 Å². The molecule has 1 fully saturated rings. The topological polar surface area (TPSA) is 67.0 Å². The molecule has 0 saturated carbocycles. The molecule has 2 N–H and O–H groups in total. The smallest absolute Gasteiger partial charge is 0.252 e. The molecule has 17 heavy (non-hydrogen) atoms. The average Bonchev–Trinajstić information content (AvgIpc) is 2.29. The molecule has 0 aromatic carbocycles. The molecule has 0 amide bonds. The minimum absolute atomic E-state index is 0.0988. The van der Waals surface area contributed by atoms with Gasteiger partial charge in [0, 0.05) is 31.2 Å². The van der Waals surface area contributed by atoms with Gasteiger partial charge >= 0.3 is 0 Å². The molecule has 94 valence electrons. The standard InChI is InChI=1S/C12H19N3O2/c1-8(2)12-14-10(7-11(16)15-12)13-9-3-5-17-6-4-9/h7-9H,3-6H2,1-2H3,(H2,13,14,15,16). The fourth-order valence-electron chi connectivity index (χ4n) is 1.87. The SMILES string of the molecule is CC(C)c1nc(NC2CCOCC2)cc(=O)[nH]1. The van der Waals surface area contributed by atoms with Crippen molar-refractivity contribution < 1.29 is 4.74 Å². The first-order valence-electron chi connectivity index (χ1n) is 6.10. The van der Waals surface area contributed by atoms with Gasteiger partial charge in [-0.3, -0.25) is 4.79 Å². The maximum absolute atomic E-state index is 11.5. The lowest BCUT2D eigenvalue weighted by Gasteiger charge is -2.23. The van der Waals surface area contributed by atoms with Gasteiger partial charge in [0.25, 0.3) is 5.56 Å². The second-order valence-corrected chi connectivity index (χ2v) is 4.70. The van der Waals surface area contributed by atoms with Gasteiger partial charge < -0.3 is 15.0 Å². The van der Waals surface area contributed by atoms with Crippen LogP contribution in [-0.2, 0) is 4.74 Å². The molecule has 1 aromatic rings. The van der Waals surface area contributed by atoms with E-state index < -0.39 is 0 Å². The molecule has 0 unspecified atom stereocenters. The third-order valence-electron chi connectivity index (χ3n) is 2.88. The number of aromatic amines is 1. The van der Waals surface area contributed by atoms with Crippen LogP contribution >= 0.6 is 0 Å². The summed E-state index contributed by atoms with van der Waals surface area (Å²) >= 11 is 0. The highest BCUT2D eigenvalue weighted by atomic mass is 16.5. The van der Waals surface area contributed by atoms with E-state index >= 15 is 0 Å². The van der Waals surface area contributed by atoms with E-state index in [-0.39, 0.29) is 11.5 Å². The van der Waals surface area contributed by atoms with Crippen molar-refractivity contribution in [1.82, 2.24) is 9.97 Å². The number of ether oxygens (including phenoxy) is 1. The first-order chi connectivity index (χ1) is 8.15. The van der Waals surface area contributed by atoms with Crippen molar-refractivity contribution in [2.45, 2.75) is 38.6 Å². The number of nitrogens with zero attached hydrogens (tertiary/aromatic N) is 1. The van der Waals surface area contributed by atoms with E-state index in [0.717, 1.165) is 31.9 Å². The van der Waals surface area contributed by atoms with E-state index in [4.69, 9.17) is 4.74 Å².